The number of nitrogens with zero attached hydrogens (tertiary/aromatic N) is 4. The first kappa shape index (κ1) is 33.5. The smallest absolute Gasteiger partial charge is 0.243 e. The zero-order chi connectivity index (χ0) is 30.3. The Bertz CT molecular complexity index is 1120. The van der Waals surface area contributed by atoms with Crippen LogP contribution >= 0.6 is 0 Å². The fourth-order valence-corrected chi connectivity index (χ4v) is 8.05. The van der Waals surface area contributed by atoms with Crippen molar-refractivity contribution in [3.8, 4) is 0 Å². The van der Waals surface area contributed by atoms with Gasteiger partial charge in [0.15, 0.2) is 0 Å². The largest absolute Gasteiger partial charge is 0.346 e. The summed E-state index contributed by atoms with van der Waals surface area (Å²) in [6, 6.07) is 4.43. The maximum Gasteiger partial charge on any atom is 0.243 e. The first-order chi connectivity index (χ1) is 19.3. The molecule has 1 saturated heterocycles. The van der Waals surface area contributed by atoms with Gasteiger partial charge in [-0.3, -0.25) is 9.59 Å². The number of hydrogen-bond donors (Lipinski definition) is 1. The van der Waals surface area contributed by atoms with E-state index in [4.69, 9.17) is 0 Å². The topological polar surface area (TPSA) is 93.3 Å². The average molecular weight is 592 g/mol. The number of carbonyl (C=O) groups excluding carboxylic acids is 2. The molecule has 1 aliphatic heterocycles. The van der Waals surface area contributed by atoms with E-state index in [0.717, 1.165) is 61.1 Å². The van der Waals surface area contributed by atoms with Crippen molar-refractivity contribution in [3.63, 3.8) is 0 Å². The molecule has 0 bridgehead atoms. The van der Waals surface area contributed by atoms with E-state index in [0.29, 0.717) is 17.2 Å². The first-order valence-corrected chi connectivity index (χ1v) is 16.7. The van der Waals surface area contributed by atoms with Crippen molar-refractivity contribution in [2.45, 2.75) is 89.1 Å². The fraction of sp³-hybridized carbons (Fsp3) is 0.742. The monoisotopic (exact) mass is 591 g/mol. The number of likely N-dealkylation sites (N-methyl/N-ethyl adjacent to an activating group) is 2. The number of rotatable bonds is 12. The summed E-state index contributed by atoms with van der Waals surface area (Å²) >= 11 is 0. The highest BCUT2D eigenvalue weighted by molar-refractivity contribution is 7.89. The highest BCUT2D eigenvalue weighted by Gasteiger charge is 2.33. The van der Waals surface area contributed by atoms with Crippen LogP contribution in [0, 0.1) is 19.8 Å². The lowest BCUT2D eigenvalue weighted by molar-refractivity contribution is -0.134. The fourth-order valence-electron chi connectivity index (χ4n) is 6.52. The average Bonchev–Trinajstić information content (AvgIpc) is 2.94. The standard InChI is InChI=1S/C31H53N5O4S/c1-8-25-18-23(2)31(24(3)19-25)41(39,40)34(6)22-29(37)32-21-30(38)35(7)27-10-9-11-28(20-27)36-16-13-26(14-17-36)12-15-33(4)5/h18-19,26-28H,8-17,20-22H2,1-7H3,(H,32,37). The van der Waals surface area contributed by atoms with Gasteiger partial charge in [0.1, 0.15) is 0 Å². The molecule has 10 heteroatoms. The Morgan fingerprint density at radius 1 is 1.00 bits per heavy atom. The van der Waals surface area contributed by atoms with E-state index in [9.17, 15) is 18.0 Å². The van der Waals surface area contributed by atoms with E-state index in [1.54, 1.807) is 18.7 Å². The summed E-state index contributed by atoms with van der Waals surface area (Å²) in [7, 11) is 3.66. The van der Waals surface area contributed by atoms with Gasteiger partial charge >= 0.3 is 0 Å². The molecule has 9 nitrogen and oxygen atoms in total. The van der Waals surface area contributed by atoms with Crippen molar-refractivity contribution < 1.29 is 18.0 Å². The van der Waals surface area contributed by atoms with Crippen molar-refractivity contribution in [2.24, 2.45) is 5.92 Å². The predicted octanol–water partition coefficient (Wildman–Crippen LogP) is 3.04. The van der Waals surface area contributed by atoms with Crippen LogP contribution in [0.3, 0.4) is 0 Å². The van der Waals surface area contributed by atoms with Gasteiger partial charge in [0.25, 0.3) is 0 Å². The number of nitrogens with one attached hydrogen (secondary N) is 1. The highest BCUT2D eigenvalue weighted by Crippen LogP contribution is 2.30. The lowest BCUT2D eigenvalue weighted by atomic mass is 9.86. The van der Waals surface area contributed by atoms with E-state index in [1.807, 2.05) is 26.1 Å². The molecule has 0 spiro atoms. The summed E-state index contributed by atoms with van der Waals surface area (Å²) in [6.45, 7) is 8.55. The van der Waals surface area contributed by atoms with Crippen molar-refractivity contribution in [3.05, 3.63) is 28.8 Å². The molecule has 1 saturated carbocycles. The van der Waals surface area contributed by atoms with E-state index in [-0.39, 0.29) is 29.9 Å². The van der Waals surface area contributed by atoms with Crippen LogP contribution < -0.4 is 5.32 Å². The normalized spacial score (nSPS) is 20.9. The minimum Gasteiger partial charge on any atom is -0.346 e. The number of piperidine rings is 1. The van der Waals surface area contributed by atoms with Crippen LogP contribution in [0.15, 0.2) is 17.0 Å². The van der Waals surface area contributed by atoms with E-state index in [1.165, 1.54) is 32.7 Å². The Kier molecular flexibility index (Phi) is 12.2. The van der Waals surface area contributed by atoms with Gasteiger partial charge < -0.3 is 20.0 Å². The van der Waals surface area contributed by atoms with Crippen molar-refractivity contribution >= 4 is 21.8 Å². The van der Waals surface area contributed by atoms with E-state index < -0.39 is 15.9 Å². The molecule has 1 N–H and O–H groups in total. The Balaban J connectivity index is 1.47. The Morgan fingerprint density at radius 3 is 2.22 bits per heavy atom. The van der Waals surface area contributed by atoms with Gasteiger partial charge in [-0.05, 0) is 122 Å². The molecular weight excluding hydrogens is 538 g/mol. The van der Waals surface area contributed by atoms with Crippen LogP contribution in [0.4, 0.5) is 0 Å². The third kappa shape index (κ3) is 8.99. The van der Waals surface area contributed by atoms with Crippen molar-refractivity contribution in [1.29, 1.82) is 0 Å². The Labute approximate surface area is 248 Å². The van der Waals surface area contributed by atoms with Gasteiger partial charge in [-0.25, -0.2) is 8.42 Å². The number of hydrogen-bond acceptors (Lipinski definition) is 6. The molecular formula is C31H53N5O4S. The van der Waals surface area contributed by atoms with Crippen molar-refractivity contribution in [2.75, 3.05) is 60.9 Å². The lowest BCUT2D eigenvalue weighted by Gasteiger charge is -2.43. The number of aryl methyl sites for hydroxylation is 3. The predicted molar refractivity (Wildman–Crippen MR) is 164 cm³/mol. The molecule has 232 valence electrons. The molecule has 2 atom stereocenters. The highest BCUT2D eigenvalue weighted by atomic mass is 32.2. The third-order valence-electron chi connectivity index (χ3n) is 9.11. The molecule has 3 rings (SSSR count). The number of sulfonamides is 1. The van der Waals surface area contributed by atoms with E-state index >= 15 is 0 Å². The summed E-state index contributed by atoms with van der Waals surface area (Å²) < 4.78 is 27.6. The molecule has 1 heterocycles. The summed E-state index contributed by atoms with van der Waals surface area (Å²) in [4.78, 5) is 32.6. The van der Waals surface area contributed by atoms with Crippen LogP contribution in [-0.4, -0.2) is 112 Å². The Morgan fingerprint density at radius 2 is 1.63 bits per heavy atom. The van der Waals surface area contributed by atoms with Gasteiger partial charge in [0.05, 0.1) is 18.0 Å². The van der Waals surface area contributed by atoms with Gasteiger partial charge in [-0.15, -0.1) is 0 Å². The molecule has 0 aromatic heterocycles. The second kappa shape index (κ2) is 14.9. The van der Waals surface area contributed by atoms with Gasteiger partial charge in [-0.2, -0.15) is 4.31 Å². The van der Waals surface area contributed by atoms with Gasteiger partial charge in [0.2, 0.25) is 21.8 Å². The van der Waals surface area contributed by atoms with Crippen molar-refractivity contribution in [1.82, 2.24) is 24.3 Å². The summed E-state index contributed by atoms with van der Waals surface area (Å²) in [5.74, 6) is 0.181. The first-order valence-electron chi connectivity index (χ1n) is 15.3. The minimum atomic E-state index is -3.85. The van der Waals surface area contributed by atoms with Crippen LogP contribution in [0.25, 0.3) is 0 Å². The maximum absolute atomic E-state index is 13.3. The zero-order valence-corrected chi connectivity index (χ0v) is 27.2. The van der Waals surface area contributed by atoms with Gasteiger partial charge in [0, 0.05) is 26.2 Å². The molecule has 1 aliphatic carbocycles. The molecule has 41 heavy (non-hydrogen) atoms. The second-order valence-electron chi connectivity index (χ2n) is 12.5. The maximum atomic E-state index is 13.3. The number of benzene rings is 1. The minimum absolute atomic E-state index is 0.134. The van der Waals surface area contributed by atoms with Crippen LogP contribution in [0.2, 0.25) is 0 Å². The molecule has 2 unspecified atom stereocenters. The second-order valence-corrected chi connectivity index (χ2v) is 14.5. The molecule has 2 amide bonds. The molecule has 0 radical (unpaired) electrons. The lowest BCUT2D eigenvalue weighted by Crippen LogP contribution is -2.50. The SMILES string of the molecule is CCc1cc(C)c(S(=O)(=O)N(C)CC(=O)NCC(=O)N(C)C2CCCC(N3CCC(CCN(C)C)CC3)C2)c(C)c1. The zero-order valence-electron chi connectivity index (χ0n) is 26.4. The third-order valence-corrected chi connectivity index (χ3v) is 11.2. The number of carbonyl (C=O) groups is 2. The number of likely N-dealkylation sites (tertiary alicyclic amines) is 1. The quantitative estimate of drug-likeness (QED) is 0.402. The summed E-state index contributed by atoms with van der Waals surface area (Å²) in [6.07, 6.45) is 8.81. The Hall–Kier alpha value is -2.01. The molecule has 2 fully saturated rings. The van der Waals surface area contributed by atoms with Gasteiger partial charge in [-0.1, -0.05) is 19.1 Å². The summed E-state index contributed by atoms with van der Waals surface area (Å²) in [5.41, 5.74) is 2.42. The molecule has 1 aromatic carbocycles. The summed E-state index contributed by atoms with van der Waals surface area (Å²) in [5, 5.41) is 2.65. The number of amides is 2. The van der Waals surface area contributed by atoms with Crippen LogP contribution in [-0.2, 0) is 26.0 Å². The molecule has 2 aliphatic rings. The van der Waals surface area contributed by atoms with Crippen LogP contribution in [0.5, 0.6) is 0 Å². The van der Waals surface area contributed by atoms with Crippen LogP contribution in [0.1, 0.15) is 68.6 Å². The van der Waals surface area contributed by atoms with E-state index in [2.05, 4.69) is 29.2 Å². The molecule has 1 aromatic rings.